The maximum Gasteiger partial charge on any atom is 0.248 e. The molecule has 0 saturated heterocycles. The Balaban J connectivity index is 2.20. The van der Waals surface area contributed by atoms with Crippen molar-refractivity contribution in [3.05, 3.63) is 34.2 Å². The third-order valence-electron chi connectivity index (χ3n) is 4.16. The number of benzene rings is 1. The summed E-state index contributed by atoms with van der Waals surface area (Å²) in [5.74, 6) is -0.479. The van der Waals surface area contributed by atoms with Crippen molar-refractivity contribution in [2.75, 3.05) is 5.32 Å². The fourth-order valence-corrected chi connectivity index (χ4v) is 3.34. The number of hydrogen-bond acceptors (Lipinski definition) is 4. The summed E-state index contributed by atoms with van der Waals surface area (Å²) < 4.78 is 0. The van der Waals surface area contributed by atoms with Crippen molar-refractivity contribution in [2.24, 2.45) is 5.92 Å². The van der Waals surface area contributed by atoms with Gasteiger partial charge in [0.15, 0.2) is 5.13 Å². The number of thiazole rings is 1. The van der Waals surface area contributed by atoms with Crippen molar-refractivity contribution in [2.45, 2.75) is 47.6 Å². The quantitative estimate of drug-likeness (QED) is 0.852. The highest BCUT2D eigenvalue weighted by molar-refractivity contribution is 7.14. The van der Waals surface area contributed by atoms with E-state index in [1.165, 1.54) is 29.4 Å². The Labute approximate surface area is 152 Å². The highest BCUT2D eigenvalue weighted by Gasteiger charge is 2.24. The van der Waals surface area contributed by atoms with Gasteiger partial charge >= 0.3 is 0 Å². The van der Waals surface area contributed by atoms with Gasteiger partial charge in [0.1, 0.15) is 6.04 Å². The average molecular weight is 359 g/mol. The van der Waals surface area contributed by atoms with Crippen LogP contribution in [0.25, 0.3) is 11.3 Å². The Morgan fingerprint density at radius 1 is 1.08 bits per heavy atom. The zero-order valence-electron chi connectivity index (χ0n) is 15.6. The molecule has 1 aromatic carbocycles. The molecular formula is C19H25N3O2S. The van der Waals surface area contributed by atoms with Crippen LogP contribution in [0.1, 0.15) is 37.5 Å². The number of nitrogens with zero attached hydrogens (tertiary/aromatic N) is 1. The van der Waals surface area contributed by atoms with E-state index in [1.807, 2.05) is 19.2 Å². The molecule has 0 unspecified atom stereocenters. The van der Waals surface area contributed by atoms with E-state index >= 15 is 0 Å². The average Bonchev–Trinajstić information content (AvgIpc) is 2.96. The first-order chi connectivity index (χ1) is 11.7. The van der Waals surface area contributed by atoms with Crippen LogP contribution in [0.3, 0.4) is 0 Å². The molecule has 6 heteroatoms. The largest absolute Gasteiger partial charge is 0.344 e. The van der Waals surface area contributed by atoms with E-state index in [-0.39, 0.29) is 17.7 Å². The summed E-state index contributed by atoms with van der Waals surface area (Å²) in [6, 6.07) is 3.70. The molecule has 0 aliphatic rings. The second-order valence-electron chi connectivity index (χ2n) is 6.70. The van der Waals surface area contributed by atoms with E-state index in [2.05, 4.69) is 48.5 Å². The van der Waals surface area contributed by atoms with Gasteiger partial charge in [-0.25, -0.2) is 4.98 Å². The summed E-state index contributed by atoms with van der Waals surface area (Å²) in [4.78, 5) is 28.3. The lowest BCUT2D eigenvalue weighted by atomic mass is 9.99. The molecule has 2 amide bonds. The van der Waals surface area contributed by atoms with E-state index in [4.69, 9.17) is 0 Å². The molecule has 134 valence electrons. The van der Waals surface area contributed by atoms with E-state index in [0.717, 1.165) is 16.8 Å². The van der Waals surface area contributed by atoms with Crippen LogP contribution in [0.5, 0.6) is 0 Å². The van der Waals surface area contributed by atoms with E-state index < -0.39 is 6.04 Å². The summed E-state index contributed by atoms with van der Waals surface area (Å²) in [5.41, 5.74) is 5.54. The van der Waals surface area contributed by atoms with Gasteiger partial charge in [0, 0.05) is 17.9 Å². The zero-order valence-corrected chi connectivity index (χ0v) is 16.4. The molecule has 0 aliphatic heterocycles. The van der Waals surface area contributed by atoms with Gasteiger partial charge in [0.25, 0.3) is 0 Å². The normalized spacial score (nSPS) is 12.1. The molecule has 0 saturated carbocycles. The van der Waals surface area contributed by atoms with Gasteiger partial charge in [0.2, 0.25) is 11.8 Å². The summed E-state index contributed by atoms with van der Waals surface area (Å²) in [7, 11) is 0. The summed E-state index contributed by atoms with van der Waals surface area (Å²) in [6.45, 7) is 11.4. The first kappa shape index (κ1) is 19.1. The zero-order chi connectivity index (χ0) is 18.7. The third-order valence-corrected chi connectivity index (χ3v) is 4.92. The Bertz CT molecular complexity index is 796. The molecule has 0 fully saturated rings. The van der Waals surface area contributed by atoms with Crippen LogP contribution < -0.4 is 10.6 Å². The smallest absolute Gasteiger partial charge is 0.248 e. The lowest BCUT2D eigenvalue weighted by molar-refractivity contribution is -0.126. The molecule has 2 N–H and O–H groups in total. The standard InChI is InChI=1S/C19H25N3O2S/c1-10(2)17(20-14(6)23)18(24)22-19-21-16(9-25-19)15-8-12(4)11(3)7-13(15)5/h7-10,17H,1-6H3,(H,20,23)(H,21,22,24)/t17-/m1/s1. The van der Waals surface area contributed by atoms with Gasteiger partial charge in [-0.1, -0.05) is 19.9 Å². The fraction of sp³-hybridized carbons (Fsp3) is 0.421. The van der Waals surface area contributed by atoms with Crippen molar-refractivity contribution in [1.82, 2.24) is 10.3 Å². The first-order valence-electron chi connectivity index (χ1n) is 8.30. The Morgan fingerprint density at radius 2 is 1.72 bits per heavy atom. The monoisotopic (exact) mass is 359 g/mol. The van der Waals surface area contributed by atoms with Crippen molar-refractivity contribution in [3.8, 4) is 11.3 Å². The van der Waals surface area contributed by atoms with Crippen LogP contribution >= 0.6 is 11.3 Å². The molecule has 1 atom stereocenters. The number of aryl methyl sites for hydroxylation is 3. The maximum atomic E-state index is 12.4. The topological polar surface area (TPSA) is 71.1 Å². The van der Waals surface area contributed by atoms with Crippen LogP contribution in [-0.4, -0.2) is 22.8 Å². The van der Waals surface area contributed by atoms with Crippen LogP contribution in [0.15, 0.2) is 17.5 Å². The van der Waals surface area contributed by atoms with E-state index in [0.29, 0.717) is 5.13 Å². The van der Waals surface area contributed by atoms with Gasteiger partial charge < -0.3 is 10.6 Å². The molecule has 25 heavy (non-hydrogen) atoms. The van der Waals surface area contributed by atoms with Crippen LogP contribution in [0, 0.1) is 26.7 Å². The minimum atomic E-state index is -0.576. The molecule has 2 rings (SSSR count). The minimum Gasteiger partial charge on any atom is -0.344 e. The van der Waals surface area contributed by atoms with Crippen LogP contribution in [0.4, 0.5) is 5.13 Å². The van der Waals surface area contributed by atoms with Gasteiger partial charge in [-0.2, -0.15) is 0 Å². The maximum absolute atomic E-state index is 12.4. The lowest BCUT2D eigenvalue weighted by Crippen LogP contribution is -2.46. The number of rotatable bonds is 5. The second kappa shape index (κ2) is 7.78. The molecule has 5 nitrogen and oxygen atoms in total. The van der Waals surface area contributed by atoms with Gasteiger partial charge in [-0.05, 0) is 49.4 Å². The number of aromatic nitrogens is 1. The summed E-state index contributed by atoms with van der Waals surface area (Å²) in [5, 5.41) is 7.98. The van der Waals surface area contributed by atoms with E-state index in [9.17, 15) is 9.59 Å². The van der Waals surface area contributed by atoms with Crippen molar-refractivity contribution in [3.63, 3.8) is 0 Å². The molecule has 0 radical (unpaired) electrons. The number of carbonyl (C=O) groups excluding carboxylic acids is 2. The Hall–Kier alpha value is -2.21. The van der Waals surface area contributed by atoms with Crippen molar-refractivity contribution >= 4 is 28.3 Å². The first-order valence-corrected chi connectivity index (χ1v) is 9.18. The molecule has 2 aromatic rings. The molecule has 0 aliphatic carbocycles. The number of hydrogen-bond donors (Lipinski definition) is 2. The van der Waals surface area contributed by atoms with Gasteiger partial charge in [0.05, 0.1) is 5.69 Å². The molecule has 0 spiro atoms. The number of nitrogens with one attached hydrogen (secondary N) is 2. The second-order valence-corrected chi connectivity index (χ2v) is 7.56. The number of carbonyl (C=O) groups is 2. The van der Waals surface area contributed by atoms with Crippen molar-refractivity contribution < 1.29 is 9.59 Å². The van der Waals surface area contributed by atoms with E-state index in [1.54, 1.807) is 0 Å². The Kier molecular flexibility index (Phi) is 5.95. The molecular weight excluding hydrogens is 334 g/mol. The SMILES string of the molecule is CC(=O)N[C@@H](C(=O)Nc1nc(-c2cc(C)c(C)cc2C)cs1)C(C)C. The summed E-state index contributed by atoms with van der Waals surface area (Å²) in [6.07, 6.45) is 0. The number of amides is 2. The summed E-state index contributed by atoms with van der Waals surface area (Å²) >= 11 is 1.38. The predicted molar refractivity (Wildman–Crippen MR) is 103 cm³/mol. The van der Waals surface area contributed by atoms with Crippen LogP contribution in [-0.2, 0) is 9.59 Å². The Morgan fingerprint density at radius 3 is 2.32 bits per heavy atom. The third kappa shape index (κ3) is 4.66. The lowest BCUT2D eigenvalue weighted by Gasteiger charge is -2.20. The molecule has 0 bridgehead atoms. The highest BCUT2D eigenvalue weighted by Crippen LogP contribution is 2.29. The molecule has 1 aromatic heterocycles. The van der Waals surface area contributed by atoms with Gasteiger partial charge in [-0.15, -0.1) is 11.3 Å². The fourth-order valence-electron chi connectivity index (χ4n) is 2.63. The minimum absolute atomic E-state index is 0.00896. The molecule has 1 heterocycles. The number of anilines is 1. The highest BCUT2D eigenvalue weighted by atomic mass is 32.1. The van der Waals surface area contributed by atoms with Crippen LogP contribution in [0.2, 0.25) is 0 Å². The predicted octanol–water partition coefficient (Wildman–Crippen LogP) is 3.83. The van der Waals surface area contributed by atoms with Crippen molar-refractivity contribution in [1.29, 1.82) is 0 Å². The van der Waals surface area contributed by atoms with Gasteiger partial charge in [-0.3, -0.25) is 9.59 Å².